The van der Waals surface area contributed by atoms with Crippen molar-refractivity contribution in [1.29, 1.82) is 0 Å². The van der Waals surface area contributed by atoms with E-state index in [0.717, 1.165) is 38.2 Å². The molecule has 21 heavy (non-hydrogen) atoms. The molecule has 3 nitrogen and oxygen atoms in total. The van der Waals surface area contributed by atoms with E-state index in [1.807, 2.05) is 18.3 Å². The number of nitrogens with one attached hydrogen (secondary N) is 1. The number of pyridine rings is 1. The Kier molecular flexibility index (Phi) is 4.58. The molecule has 1 aliphatic rings. The maximum Gasteiger partial charge on any atom is 0.123 e. The Hall–Kier alpha value is -1.78. The highest BCUT2D eigenvalue weighted by molar-refractivity contribution is 5.21. The Balaban J connectivity index is 1.70. The fourth-order valence-electron chi connectivity index (χ4n) is 2.88. The second-order valence-electron chi connectivity index (χ2n) is 5.42. The van der Waals surface area contributed by atoms with E-state index in [-0.39, 0.29) is 11.9 Å². The summed E-state index contributed by atoms with van der Waals surface area (Å²) in [6.07, 6.45) is 4.68. The van der Waals surface area contributed by atoms with E-state index in [0.29, 0.717) is 0 Å². The van der Waals surface area contributed by atoms with E-state index < -0.39 is 0 Å². The molecule has 2 aromatic rings. The summed E-state index contributed by atoms with van der Waals surface area (Å²) in [4.78, 5) is 6.59. The zero-order valence-corrected chi connectivity index (χ0v) is 12.0. The summed E-state index contributed by atoms with van der Waals surface area (Å²) < 4.78 is 13.5. The van der Waals surface area contributed by atoms with Gasteiger partial charge >= 0.3 is 0 Å². The number of hydrogen-bond donors (Lipinski definition) is 1. The molecule has 1 aromatic carbocycles. The largest absolute Gasteiger partial charge is 0.314 e. The maximum absolute atomic E-state index is 13.5. The standard InChI is InChI=1S/C17H20FN3/c18-16-5-1-4-15(11-16)17-13-20-8-10-21(17)9-6-14-3-2-7-19-12-14/h1-5,7,11-12,17,20H,6,8-10,13H2. The van der Waals surface area contributed by atoms with Gasteiger partial charge in [-0.2, -0.15) is 0 Å². The van der Waals surface area contributed by atoms with E-state index in [1.165, 1.54) is 11.6 Å². The van der Waals surface area contributed by atoms with Gasteiger partial charge in [-0.25, -0.2) is 4.39 Å². The lowest BCUT2D eigenvalue weighted by Crippen LogP contribution is -2.46. The Morgan fingerprint density at radius 1 is 1.29 bits per heavy atom. The molecule has 0 saturated carbocycles. The van der Waals surface area contributed by atoms with Crippen molar-refractivity contribution in [2.24, 2.45) is 0 Å². The lowest BCUT2D eigenvalue weighted by Gasteiger charge is -2.36. The van der Waals surface area contributed by atoms with Gasteiger partial charge in [-0.1, -0.05) is 18.2 Å². The fourth-order valence-corrected chi connectivity index (χ4v) is 2.88. The second kappa shape index (κ2) is 6.78. The molecule has 0 radical (unpaired) electrons. The minimum Gasteiger partial charge on any atom is -0.314 e. The van der Waals surface area contributed by atoms with Crippen molar-refractivity contribution in [3.8, 4) is 0 Å². The summed E-state index contributed by atoms with van der Waals surface area (Å²) >= 11 is 0. The van der Waals surface area contributed by atoms with Crippen molar-refractivity contribution >= 4 is 0 Å². The predicted molar refractivity (Wildman–Crippen MR) is 81.5 cm³/mol. The first-order chi connectivity index (χ1) is 10.3. The fraction of sp³-hybridized carbons (Fsp3) is 0.353. The highest BCUT2D eigenvalue weighted by Crippen LogP contribution is 2.23. The van der Waals surface area contributed by atoms with Gasteiger partial charge in [0.25, 0.3) is 0 Å². The quantitative estimate of drug-likeness (QED) is 0.935. The molecule has 0 bridgehead atoms. The summed E-state index contributed by atoms with van der Waals surface area (Å²) in [5.41, 5.74) is 2.29. The van der Waals surface area contributed by atoms with Crippen LogP contribution in [0.5, 0.6) is 0 Å². The minimum atomic E-state index is -0.162. The van der Waals surface area contributed by atoms with Crippen molar-refractivity contribution in [2.75, 3.05) is 26.2 Å². The van der Waals surface area contributed by atoms with Crippen molar-refractivity contribution in [1.82, 2.24) is 15.2 Å². The molecule has 1 atom stereocenters. The van der Waals surface area contributed by atoms with E-state index in [4.69, 9.17) is 0 Å². The summed E-state index contributed by atoms with van der Waals surface area (Å²) in [5.74, 6) is -0.162. The summed E-state index contributed by atoms with van der Waals surface area (Å²) in [5, 5.41) is 3.40. The first-order valence-electron chi connectivity index (χ1n) is 7.42. The molecular formula is C17H20FN3. The van der Waals surface area contributed by atoms with E-state index in [2.05, 4.69) is 21.3 Å². The van der Waals surface area contributed by atoms with Crippen LogP contribution < -0.4 is 5.32 Å². The van der Waals surface area contributed by atoms with E-state index >= 15 is 0 Å². The molecule has 1 saturated heterocycles. The zero-order valence-electron chi connectivity index (χ0n) is 12.0. The number of nitrogens with zero attached hydrogens (tertiary/aromatic N) is 2. The highest BCUT2D eigenvalue weighted by atomic mass is 19.1. The smallest absolute Gasteiger partial charge is 0.123 e. The zero-order chi connectivity index (χ0) is 14.5. The molecule has 4 heteroatoms. The van der Waals surface area contributed by atoms with Crippen LogP contribution in [0.4, 0.5) is 4.39 Å². The Morgan fingerprint density at radius 3 is 3.05 bits per heavy atom. The Labute approximate surface area is 124 Å². The third kappa shape index (κ3) is 3.65. The molecule has 1 aromatic heterocycles. The van der Waals surface area contributed by atoms with Crippen molar-refractivity contribution < 1.29 is 4.39 Å². The molecule has 1 aliphatic heterocycles. The van der Waals surface area contributed by atoms with Gasteiger partial charge in [-0.3, -0.25) is 9.88 Å². The van der Waals surface area contributed by atoms with Gasteiger partial charge in [-0.05, 0) is 35.7 Å². The van der Waals surface area contributed by atoms with Crippen LogP contribution in [0.25, 0.3) is 0 Å². The van der Waals surface area contributed by atoms with Gasteiger partial charge in [0.05, 0.1) is 0 Å². The van der Waals surface area contributed by atoms with E-state index in [9.17, 15) is 4.39 Å². The van der Waals surface area contributed by atoms with Crippen molar-refractivity contribution in [2.45, 2.75) is 12.5 Å². The Morgan fingerprint density at radius 2 is 2.24 bits per heavy atom. The van der Waals surface area contributed by atoms with Gasteiger partial charge in [0.2, 0.25) is 0 Å². The third-order valence-electron chi connectivity index (χ3n) is 4.00. The van der Waals surface area contributed by atoms with E-state index in [1.54, 1.807) is 18.3 Å². The highest BCUT2D eigenvalue weighted by Gasteiger charge is 2.23. The minimum absolute atomic E-state index is 0.162. The molecular weight excluding hydrogens is 265 g/mol. The van der Waals surface area contributed by atoms with Crippen LogP contribution in [0.3, 0.4) is 0 Å². The summed E-state index contributed by atoms with van der Waals surface area (Å²) in [7, 11) is 0. The molecule has 1 N–H and O–H groups in total. The van der Waals surface area contributed by atoms with Crippen LogP contribution in [0.2, 0.25) is 0 Å². The number of hydrogen-bond acceptors (Lipinski definition) is 3. The molecule has 1 unspecified atom stereocenters. The summed E-state index contributed by atoms with van der Waals surface area (Å²) in [6.45, 7) is 3.81. The van der Waals surface area contributed by atoms with Crippen LogP contribution in [-0.2, 0) is 6.42 Å². The van der Waals surface area contributed by atoms with Crippen LogP contribution in [0.15, 0.2) is 48.8 Å². The molecule has 110 valence electrons. The topological polar surface area (TPSA) is 28.2 Å². The summed E-state index contributed by atoms with van der Waals surface area (Å²) in [6, 6.07) is 11.3. The van der Waals surface area contributed by atoms with Gasteiger partial charge in [0, 0.05) is 44.6 Å². The van der Waals surface area contributed by atoms with Gasteiger partial charge in [0.1, 0.15) is 5.82 Å². The third-order valence-corrected chi connectivity index (χ3v) is 4.00. The average molecular weight is 285 g/mol. The number of rotatable bonds is 4. The monoisotopic (exact) mass is 285 g/mol. The SMILES string of the molecule is Fc1cccc(C2CNCCN2CCc2cccnc2)c1. The number of aromatic nitrogens is 1. The van der Waals surface area contributed by atoms with Crippen LogP contribution in [0, 0.1) is 5.82 Å². The number of benzene rings is 1. The first kappa shape index (κ1) is 14.2. The molecule has 2 heterocycles. The average Bonchev–Trinajstić information content (AvgIpc) is 2.54. The van der Waals surface area contributed by atoms with Gasteiger partial charge < -0.3 is 5.32 Å². The normalized spacial score (nSPS) is 19.6. The molecule has 0 aliphatic carbocycles. The maximum atomic E-state index is 13.5. The van der Waals surface area contributed by atoms with Crippen molar-refractivity contribution in [3.05, 3.63) is 65.7 Å². The first-order valence-corrected chi connectivity index (χ1v) is 7.42. The second-order valence-corrected chi connectivity index (χ2v) is 5.42. The molecule has 3 rings (SSSR count). The van der Waals surface area contributed by atoms with Crippen LogP contribution in [-0.4, -0.2) is 36.1 Å². The van der Waals surface area contributed by atoms with Crippen LogP contribution in [0.1, 0.15) is 17.2 Å². The van der Waals surface area contributed by atoms with Crippen LogP contribution >= 0.6 is 0 Å². The molecule has 0 spiro atoms. The lowest BCUT2D eigenvalue weighted by atomic mass is 10.0. The number of piperazine rings is 1. The van der Waals surface area contributed by atoms with Crippen molar-refractivity contribution in [3.63, 3.8) is 0 Å². The predicted octanol–water partition coefficient (Wildman–Crippen LogP) is 2.41. The van der Waals surface area contributed by atoms with Gasteiger partial charge in [-0.15, -0.1) is 0 Å². The Bertz CT molecular complexity index is 573. The molecule has 1 fully saturated rings. The molecule has 0 amide bonds. The number of halogens is 1. The lowest BCUT2D eigenvalue weighted by molar-refractivity contribution is 0.163. The van der Waals surface area contributed by atoms with Gasteiger partial charge in [0.15, 0.2) is 0 Å².